The van der Waals surface area contributed by atoms with Gasteiger partial charge in [0.2, 0.25) is 0 Å². The lowest BCUT2D eigenvalue weighted by Crippen LogP contribution is -2.18. The lowest BCUT2D eigenvalue weighted by molar-refractivity contribution is -0.136. The summed E-state index contributed by atoms with van der Waals surface area (Å²) in [4.78, 5) is 23.2. The highest BCUT2D eigenvalue weighted by Crippen LogP contribution is 2.23. The number of benzene rings is 2. The molecule has 0 amide bonds. The monoisotopic (exact) mass is 406 g/mol. The normalized spacial score (nSPS) is 10.7. The molecule has 0 atom stereocenters. The van der Waals surface area contributed by atoms with Crippen molar-refractivity contribution in [1.82, 2.24) is 0 Å². The van der Waals surface area contributed by atoms with E-state index in [9.17, 15) is 14.0 Å². The second-order valence-corrected chi connectivity index (χ2v) is 6.16. The number of fused-ring (bicyclic) bond motifs is 1. The maximum absolute atomic E-state index is 13.6. The molecule has 0 aliphatic carbocycles. The Hall–Kier alpha value is -2.67. The minimum Gasteiger partial charge on any atom is -0.482 e. The van der Waals surface area contributed by atoms with Crippen LogP contribution >= 0.6 is 15.9 Å². The summed E-state index contributed by atoms with van der Waals surface area (Å²) in [5.41, 5.74) is 0.671. The van der Waals surface area contributed by atoms with Crippen LogP contribution in [0.5, 0.6) is 11.5 Å². The van der Waals surface area contributed by atoms with Crippen LogP contribution in [0.3, 0.4) is 0 Å². The molecule has 0 saturated carbocycles. The molecule has 5 nitrogen and oxygen atoms in total. The molecule has 0 saturated heterocycles. The van der Waals surface area contributed by atoms with E-state index in [-0.39, 0.29) is 5.75 Å². The van der Waals surface area contributed by atoms with Gasteiger partial charge in [-0.15, -0.1) is 0 Å². The minimum absolute atomic E-state index is 0.183. The van der Waals surface area contributed by atoms with Crippen LogP contribution in [-0.2, 0) is 4.79 Å². The van der Waals surface area contributed by atoms with E-state index in [4.69, 9.17) is 13.9 Å². The molecule has 0 unspecified atom stereocenters. The molecule has 0 fully saturated rings. The van der Waals surface area contributed by atoms with Gasteiger partial charge >= 0.3 is 11.6 Å². The lowest BCUT2D eigenvalue weighted by Gasteiger charge is -2.08. The standard InChI is InChI=1S/C18H12BrFO5/c1-10-6-17(21)25-16-8-12(3-4-13(10)16)23-9-18(22)24-15-5-2-11(19)7-14(15)20/h2-8H,9H2,1H3. The predicted octanol–water partition coefficient (Wildman–Crippen LogP) is 3.99. The summed E-state index contributed by atoms with van der Waals surface area (Å²) in [5, 5.41) is 0.770. The average Bonchev–Trinajstić information content (AvgIpc) is 2.55. The molecule has 1 aromatic heterocycles. The smallest absolute Gasteiger partial charge is 0.349 e. The van der Waals surface area contributed by atoms with Gasteiger partial charge in [0.25, 0.3) is 0 Å². The Morgan fingerprint density at radius 1 is 1.20 bits per heavy atom. The van der Waals surface area contributed by atoms with Crippen molar-refractivity contribution in [2.24, 2.45) is 0 Å². The third-order valence-electron chi connectivity index (χ3n) is 3.40. The van der Waals surface area contributed by atoms with Crippen molar-refractivity contribution in [3.05, 3.63) is 68.7 Å². The van der Waals surface area contributed by atoms with Crippen molar-refractivity contribution in [3.63, 3.8) is 0 Å². The van der Waals surface area contributed by atoms with E-state index in [1.54, 1.807) is 25.1 Å². The molecule has 0 spiro atoms. The Bertz CT molecular complexity index is 1010. The van der Waals surface area contributed by atoms with E-state index in [2.05, 4.69) is 15.9 Å². The maximum Gasteiger partial charge on any atom is 0.349 e. The summed E-state index contributed by atoms with van der Waals surface area (Å²) in [6.07, 6.45) is 0. The molecule has 1 heterocycles. The molecule has 2 aromatic carbocycles. The Balaban J connectivity index is 1.69. The summed E-state index contributed by atoms with van der Waals surface area (Å²) in [6, 6.07) is 10.4. The quantitative estimate of drug-likeness (QED) is 0.372. The summed E-state index contributed by atoms with van der Waals surface area (Å²) in [6.45, 7) is 1.38. The number of carbonyl (C=O) groups is 1. The Labute approximate surface area is 150 Å². The van der Waals surface area contributed by atoms with Crippen molar-refractivity contribution in [1.29, 1.82) is 0 Å². The molecule has 0 aliphatic heterocycles. The van der Waals surface area contributed by atoms with Crippen molar-refractivity contribution in [2.45, 2.75) is 6.92 Å². The van der Waals surface area contributed by atoms with Gasteiger partial charge in [0.15, 0.2) is 18.2 Å². The highest BCUT2D eigenvalue weighted by Gasteiger charge is 2.11. The van der Waals surface area contributed by atoms with Crippen LogP contribution < -0.4 is 15.1 Å². The molecule has 0 bridgehead atoms. The Morgan fingerprint density at radius 3 is 2.76 bits per heavy atom. The number of hydrogen-bond acceptors (Lipinski definition) is 5. The third kappa shape index (κ3) is 4.06. The maximum atomic E-state index is 13.6. The molecule has 128 valence electrons. The molecule has 0 aliphatic rings. The first-order valence-corrected chi connectivity index (χ1v) is 8.05. The zero-order chi connectivity index (χ0) is 18.0. The lowest BCUT2D eigenvalue weighted by atomic mass is 10.1. The molecule has 0 radical (unpaired) electrons. The fourth-order valence-corrected chi connectivity index (χ4v) is 2.58. The van der Waals surface area contributed by atoms with Gasteiger partial charge in [-0.3, -0.25) is 0 Å². The van der Waals surface area contributed by atoms with Crippen LogP contribution in [0.2, 0.25) is 0 Å². The van der Waals surface area contributed by atoms with Gasteiger partial charge in [-0.1, -0.05) is 15.9 Å². The summed E-state index contributed by atoms with van der Waals surface area (Å²) in [5.74, 6) is -1.27. The van der Waals surface area contributed by atoms with E-state index < -0.39 is 24.0 Å². The van der Waals surface area contributed by atoms with Crippen molar-refractivity contribution >= 4 is 32.9 Å². The Morgan fingerprint density at radius 2 is 2.00 bits per heavy atom. The topological polar surface area (TPSA) is 65.7 Å². The van der Waals surface area contributed by atoms with Crippen LogP contribution in [0.25, 0.3) is 11.0 Å². The van der Waals surface area contributed by atoms with E-state index in [0.29, 0.717) is 15.8 Å². The van der Waals surface area contributed by atoms with E-state index in [1.165, 1.54) is 24.3 Å². The minimum atomic E-state index is -0.757. The van der Waals surface area contributed by atoms with Crippen LogP contribution in [0.4, 0.5) is 4.39 Å². The second kappa shape index (κ2) is 7.06. The van der Waals surface area contributed by atoms with E-state index in [0.717, 1.165) is 10.9 Å². The van der Waals surface area contributed by atoms with E-state index in [1.807, 2.05) is 0 Å². The van der Waals surface area contributed by atoms with Crippen LogP contribution in [0.1, 0.15) is 5.56 Å². The van der Waals surface area contributed by atoms with Crippen molar-refractivity contribution in [2.75, 3.05) is 6.61 Å². The van der Waals surface area contributed by atoms with Gasteiger partial charge in [-0.2, -0.15) is 0 Å². The van der Waals surface area contributed by atoms with Gasteiger partial charge in [-0.05, 0) is 42.8 Å². The molecular formula is C18H12BrFO5. The third-order valence-corrected chi connectivity index (χ3v) is 3.89. The zero-order valence-electron chi connectivity index (χ0n) is 13.0. The van der Waals surface area contributed by atoms with Crippen LogP contribution in [0.15, 0.2) is 56.1 Å². The number of esters is 1. The number of aryl methyl sites for hydroxylation is 1. The second-order valence-electron chi connectivity index (χ2n) is 5.24. The van der Waals surface area contributed by atoms with Gasteiger partial charge in [0.1, 0.15) is 11.3 Å². The first-order valence-electron chi connectivity index (χ1n) is 7.25. The van der Waals surface area contributed by atoms with Gasteiger partial charge in [-0.25, -0.2) is 14.0 Å². The number of carbonyl (C=O) groups excluding carboxylic acids is 1. The molecule has 0 N–H and O–H groups in total. The highest BCUT2D eigenvalue weighted by molar-refractivity contribution is 9.10. The number of hydrogen-bond donors (Lipinski definition) is 0. The predicted molar refractivity (Wildman–Crippen MR) is 92.5 cm³/mol. The summed E-state index contributed by atoms with van der Waals surface area (Å²) < 4.78 is 29.5. The van der Waals surface area contributed by atoms with Crippen LogP contribution in [-0.4, -0.2) is 12.6 Å². The SMILES string of the molecule is Cc1cc(=O)oc2cc(OCC(=O)Oc3ccc(Br)cc3F)ccc12. The highest BCUT2D eigenvalue weighted by atomic mass is 79.9. The summed E-state index contributed by atoms with van der Waals surface area (Å²) >= 11 is 3.12. The molecule has 7 heteroatoms. The van der Waals surface area contributed by atoms with Crippen LogP contribution in [0, 0.1) is 12.7 Å². The molecule has 25 heavy (non-hydrogen) atoms. The molecule has 3 rings (SSSR count). The van der Waals surface area contributed by atoms with Crippen molar-refractivity contribution in [3.8, 4) is 11.5 Å². The number of halogens is 2. The fraction of sp³-hybridized carbons (Fsp3) is 0.111. The largest absolute Gasteiger partial charge is 0.482 e. The van der Waals surface area contributed by atoms with Gasteiger partial charge in [0, 0.05) is 22.0 Å². The zero-order valence-corrected chi connectivity index (χ0v) is 14.6. The number of ether oxygens (including phenoxy) is 2. The average molecular weight is 407 g/mol. The first kappa shape index (κ1) is 17.2. The number of rotatable bonds is 4. The summed E-state index contributed by atoms with van der Waals surface area (Å²) in [7, 11) is 0. The first-order chi connectivity index (χ1) is 11.9. The van der Waals surface area contributed by atoms with Crippen molar-refractivity contribution < 1.29 is 23.1 Å². The van der Waals surface area contributed by atoms with Gasteiger partial charge < -0.3 is 13.9 Å². The Kier molecular flexibility index (Phi) is 4.85. The molecule has 3 aromatic rings. The molecular weight excluding hydrogens is 395 g/mol. The van der Waals surface area contributed by atoms with E-state index >= 15 is 0 Å². The fourth-order valence-electron chi connectivity index (χ4n) is 2.25. The van der Waals surface area contributed by atoms with Gasteiger partial charge in [0.05, 0.1) is 0 Å².